The molecule has 7 nitrogen and oxygen atoms in total. The fraction of sp³-hybridized carbons (Fsp3) is 0.111. The third-order valence-electron chi connectivity index (χ3n) is 4.12. The van der Waals surface area contributed by atoms with Crippen LogP contribution in [0.5, 0.6) is 0 Å². The van der Waals surface area contributed by atoms with Crippen molar-refractivity contribution in [2.24, 2.45) is 9.98 Å². The molecule has 2 aromatic rings. The normalized spacial score (nSPS) is 16.0. The largest absolute Gasteiger partial charge is 0.507 e. The first-order valence-electron chi connectivity index (χ1n) is 7.79. The molecular formula is C18H14N4O3. The number of hydrogen-bond acceptors (Lipinski definition) is 6. The molecule has 25 heavy (non-hydrogen) atoms. The van der Waals surface area contributed by atoms with E-state index in [-0.39, 0.29) is 11.4 Å². The number of aliphatic hydroxyl groups is 1. The highest BCUT2D eigenvalue weighted by atomic mass is 16.6. The fourth-order valence-electron chi connectivity index (χ4n) is 2.92. The van der Waals surface area contributed by atoms with Crippen molar-refractivity contribution in [3.05, 3.63) is 75.8 Å². The number of aliphatic hydroxyl groups excluding tert-OH is 1. The minimum Gasteiger partial charge on any atom is -0.507 e. The van der Waals surface area contributed by atoms with Gasteiger partial charge >= 0.3 is 0 Å². The molecule has 0 bridgehead atoms. The topological polar surface area (TPSA) is 91.3 Å². The monoisotopic (exact) mass is 334 g/mol. The van der Waals surface area contributed by atoms with Gasteiger partial charge in [0, 0.05) is 35.9 Å². The van der Waals surface area contributed by atoms with E-state index in [1.54, 1.807) is 12.1 Å². The molecule has 0 atom stereocenters. The Morgan fingerprint density at radius 1 is 1.24 bits per heavy atom. The first-order chi connectivity index (χ1) is 12.1. The van der Waals surface area contributed by atoms with Crippen LogP contribution in [0.2, 0.25) is 0 Å². The number of aliphatic imine (C=N–C) groups is 2. The van der Waals surface area contributed by atoms with Gasteiger partial charge in [0.1, 0.15) is 17.4 Å². The Labute approximate surface area is 143 Å². The molecule has 2 aromatic carbocycles. The van der Waals surface area contributed by atoms with Gasteiger partial charge in [-0.1, -0.05) is 30.3 Å². The second-order valence-electron chi connectivity index (χ2n) is 5.68. The molecule has 2 aliphatic rings. The number of non-ortho nitro benzene ring substituents is 1. The van der Waals surface area contributed by atoms with Crippen molar-refractivity contribution < 1.29 is 10.0 Å². The average molecular weight is 334 g/mol. The first kappa shape index (κ1) is 15.1. The molecule has 0 aliphatic carbocycles. The van der Waals surface area contributed by atoms with Crippen LogP contribution in [0.4, 0.5) is 11.4 Å². The summed E-state index contributed by atoms with van der Waals surface area (Å²) in [5, 5.41) is 21.4. The van der Waals surface area contributed by atoms with Gasteiger partial charge in [0.15, 0.2) is 0 Å². The summed E-state index contributed by atoms with van der Waals surface area (Å²) in [6, 6.07) is 13.7. The summed E-state index contributed by atoms with van der Waals surface area (Å²) >= 11 is 0. The van der Waals surface area contributed by atoms with Crippen LogP contribution in [0.25, 0.3) is 5.76 Å². The Balaban J connectivity index is 1.79. The van der Waals surface area contributed by atoms with E-state index in [0.717, 1.165) is 0 Å². The molecule has 0 unspecified atom stereocenters. The van der Waals surface area contributed by atoms with Gasteiger partial charge in [0.25, 0.3) is 5.69 Å². The second-order valence-corrected chi connectivity index (χ2v) is 5.68. The smallest absolute Gasteiger partial charge is 0.270 e. The minimum absolute atomic E-state index is 0.00891. The summed E-state index contributed by atoms with van der Waals surface area (Å²) < 4.78 is 0. The Morgan fingerprint density at radius 2 is 2.04 bits per heavy atom. The van der Waals surface area contributed by atoms with Crippen molar-refractivity contribution in [3.8, 4) is 0 Å². The third kappa shape index (κ3) is 2.65. The SMILES string of the molecule is O=[N+]([O-])c1ccc2c(c1)C1=NCCN1C(/C=C(\O)c1ccccc1)=N2. The Bertz CT molecular complexity index is 948. The maximum Gasteiger partial charge on any atom is 0.270 e. The number of hydrogen-bond donors (Lipinski definition) is 1. The van der Waals surface area contributed by atoms with Gasteiger partial charge in [-0.05, 0) is 6.07 Å². The van der Waals surface area contributed by atoms with Crippen molar-refractivity contribution in [2.75, 3.05) is 13.1 Å². The van der Waals surface area contributed by atoms with Gasteiger partial charge in [-0.25, -0.2) is 4.99 Å². The van der Waals surface area contributed by atoms with Crippen LogP contribution < -0.4 is 0 Å². The van der Waals surface area contributed by atoms with Crippen LogP contribution in [-0.2, 0) is 0 Å². The van der Waals surface area contributed by atoms with E-state index in [0.29, 0.717) is 41.6 Å². The molecule has 0 saturated heterocycles. The zero-order valence-corrected chi connectivity index (χ0v) is 13.2. The van der Waals surface area contributed by atoms with Crippen LogP contribution in [0.1, 0.15) is 11.1 Å². The molecule has 0 fully saturated rings. The summed E-state index contributed by atoms with van der Waals surface area (Å²) in [7, 11) is 0. The Morgan fingerprint density at radius 3 is 2.80 bits per heavy atom. The summed E-state index contributed by atoms with van der Waals surface area (Å²) in [5.41, 5.74) is 1.95. The van der Waals surface area contributed by atoms with Gasteiger partial charge in [0.05, 0.1) is 17.2 Å². The molecule has 0 amide bonds. The summed E-state index contributed by atoms with van der Waals surface area (Å²) in [6.45, 7) is 1.20. The lowest BCUT2D eigenvalue weighted by Gasteiger charge is -2.25. The van der Waals surface area contributed by atoms with Gasteiger partial charge in [-0.3, -0.25) is 15.1 Å². The zero-order chi connectivity index (χ0) is 17.4. The Hall–Kier alpha value is -3.48. The molecule has 0 spiro atoms. The number of rotatable bonds is 3. The molecule has 124 valence electrons. The highest BCUT2D eigenvalue weighted by molar-refractivity contribution is 6.20. The predicted molar refractivity (Wildman–Crippen MR) is 95.3 cm³/mol. The lowest BCUT2D eigenvalue weighted by molar-refractivity contribution is -0.384. The molecular weight excluding hydrogens is 320 g/mol. The van der Waals surface area contributed by atoms with Crippen molar-refractivity contribution >= 4 is 28.8 Å². The van der Waals surface area contributed by atoms with Crippen LogP contribution in [0, 0.1) is 10.1 Å². The second kappa shape index (κ2) is 5.86. The van der Waals surface area contributed by atoms with E-state index in [2.05, 4.69) is 9.98 Å². The summed E-state index contributed by atoms with van der Waals surface area (Å²) in [6.07, 6.45) is 1.60. The van der Waals surface area contributed by atoms with Crippen molar-refractivity contribution in [1.29, 1.82) is 0 Å². The van der Waals surface area contributed by atoms with E-state index in [4.69, 9.17) is 0 Å². The lowest BCUT2D eigenvalue weighted by Crippen LogP contribution is -2.36. The summed E-state index contributed by atoms with van der Waals surface area (Å²) in [4.78, 5) is 21.5. The highest BCUT2D eigenvalue weighted by Gasteiger charge is 2.30. The molecule has 2 heterocycles. The van der Waals surface area contributed by atoms with E-state index in [1.807, 2.05) is 35.2 Å². The molecule has 0 saturated carbocycles. The average Bonchev–Trinajstić information content (AvgIpc) is 3.12. The van der Waals surface area contributed by atoms with E-state index in [9.17, 15) is 15.2 Å². The number of fused-ring (bicyclic) bond motifs is 3. The van der Waals surface area contributed by atoms with Crippen LogP contribution in [0.3, 0.4) is 0 Å². The highest BCUT2D eigenvalue weighted by Crippen LogP contribution is 2.32. The van der Waals surface area contributed by atoms with Crippen LogP contribution >= 0.6 is 0 Å². The lowest BCUT2D eigenvalue weighted by atomic mass is 10.1. The van der Waals surface area contributed by atoms with Gasteiger partial charge in [-0.2, -0.15) is 0 Å². The number of benzene rings is 2. The number of amidine groups is 2. The van der Waals surface area contributed by atoms with Crippen LogP contribution in [0.15, 0.2) is 64.6 Å². The van der Waals surface area contributed by atoms with Crippen LogP contribution in [-0.4, -0.2) is 39.7 Å². The minimum atomic E-state index is -0.430. The molecule has 0 radical (unpaired) electrons. The maximum atomic E-state index is 11.0. The predicted octanol–water partition coefficient (Wildman–Crippen LogP) is 3.30. The Kier molecular flexibility index (Phi) is 3.53. The molecule has 7 heteroatoms. The van der Waals surface area contributed by atoms with Crippen molar-refractivity contribution in [1.82, 2.24) is 4.90 Å². The van der Waals surface area contributed by atoms with E-state index in [1.165, 1.54) is 12.1 Å². The number of nitro benzene ring substituents is 1. The molecule has 0 aromatic heterocycles. The summed E-state index contributed by atoms with van der Waals surface area (Å²) in [5.74, 6) is 1.33. The molecule has 4 rings (SSSR count). The number of nitrogens with zero attached hydrogens (tertiary/aromatic N) is 4. The molecule has 1 N–H and O–H groups in total. The standard InChI is InChI=1S/C18H14N4O3/c23-16(12-4-2-1-3-5-12)11-17-20-15-7-6-13(22(24)25)10-14(15)18-19-8-9-21(17)18/h1-7,10-11,23H,8-9H2/b16-11-. The van der Waals surface area contributed by atoms with Gasteiger partial charge < -0.3 is 10.0 Å². The van der Waals surface area contributed by atoms with Gasteiger partial charge in [-0.15, -0.1) is 0 Å². The van der Waals surface area contributed by atoms with Crippen molar-refractivity contribution in [3.63, 3.8) is 0 Å². The van der Waals surface area contributed by atoms with E-state index >= 15 is 0 Å². The van der Waals surface area contributed by atoms with Crippen molar-refractivity contribution in [2.45, 2.75) is 0 Å². The zero-order valence-electron chi connectivity index (χ0n) is 13.2. The molecule has 2 aliphatic heterocycles. The number of nitro groups is 1. The third-order valence-corrected chi connectivity index (χ3v) is 4.12. The quantitative estimate of drug-likeness (QED) is 0.529. The van der Waals surface area contributed by atoms with Gasteiger partial charge in [0.2, 0.25) is 0 Å². The maximum absolute atomic E-state index is 11.0. The fourth-order valence-corrected chi connectivity index (χ4v) is 2.92. The first-order valence-corrected chi connectivity index (χ1v) is 7.79. The van der Waals surface area contributed by atoms with E-state index < -0.39 is 4.92 Å².